The van der Waals surface area contributed by atoms with Crippen molar-refractivity contribution in [3.05, 3.63) is 22.5 Å². The minimum absolute atomic E-state index is 0.212. The molecular formula is C12H17NO3. The van der Waals surface area contributed by atoms with E-state index in [0.29, 0.717) is 5.69 Å². The van der Waals surface area contributed by atoms with Gasteiger partial charge in [0.25, 0.3) is 5.78 Å². The van der Waals surface area contributed by atoms with Crippen molar-refractivity contribution in [2.75, 3.05) is 6.61 Å². The Morgan fingerprint density at radius 1 is 1.25 bits per heavy atom. The maximum absolute atomic E-state index is 11.7. The Morgan fingerprint density at radius 3 is 2.31 bits per heavy atom. The van der Waals surface area contributed by atoms with E-state index in [-0.39, 0.29) is 6.61 Å². The predicted octanol–water partition coefficient (Wildman–Crippen LogP) is 1.94. The lowest BCUT2D eigenvalue weighted by Gasteiger charge is -2.00. The number of ether oxygens (including phenoxy) is 1. The topological polar surface area (TPSA) is 59.2 Å². The van der Waals surface area contributed by atoms with Gasteiger partial charge in [-0.15, -0.1) is 0 Å². The van der Waals surface area contributed by atoms with Gasteiger partial charge in [-0.1, -0.05) is 6.92 Å². The average molecular weight is 223 g/mol. The van der Waals surface area contributed by atoms with Gasteiger partial charge in [-0.05, 0) is 38.3 Å². The Morgan fingerprint density at radius 2 is 1.88 bits per heavy atom. The quantitative estimate of drug-likeness (QED) is 0.482. The van der Waals surface area contributed by atoms with Crippen molar-refractivity contribution in [1.29, 1.82) is 0 Å². The fourth-order valence-corrected chi connectivity index (χ4v) is 1.84. The van der Waals surface area contributed by atoms with Crippen LogP contribution in [0.25, 0.3) is 0 Å². The Kier molecular flexibility index (Phi) is 3.88. The second-order valence-electron chi connectivity index (χ2n) is 3.63. The normalized spacial score (nSPS) is 10.2. The van der Waals surface area contributed by atoms with Crippen LogP contribution in [-0.2, 0) is 16.0 Å². The Labute approximate surface area is 95.0 Å². The second kappa shape index (κ2) is 4.96. The van der Waals surface area contributed by atoms with E-state index in [2.05, 4.69) is 9.72 Å². The molecule has 0 radical (unpaired) electrons. The fourth-order valence-electron chi connectivity index (χ4n) is 1.84. The van der Waals surface area contributed by atoms with E-state index in [0.717, 1.165) is 23.2 Å². The summed E-state index contributed by atoms with van der Waals surface area (Å²) in [5.74, 6) is -1.39. The summed E-state index contributed by atoms with van der Waals surface area (Å²) in [5, 5.41) is 0. The summed E-state index contributed by atoms with van der Waals surface area (Å²) in [7, 11) is 0. The number of H-pyrrole nitrogens is 1. The van der Waals surface area contributed by atoms with Gasteiger partial charge in [0, 0.05) is 5.69 Å². The highest BCUT2D eigenvalue weighted by molar-refractivity contribution is 6.40. The Balaban J connectivity index is 3.05. The summed E-state index contributed by atoms with van der Waals surface area (Å²) in [5.41, 5.74) is 3.23. The lowest BCUT2D eigenvalue weighted by Crippen LogP contribution is -2.18. The second-order valence-corrected chi connectivity index (χ2v) is 3.63. The molecule has 1 rings (SSSR count). The van der Waals surface area contributed by atoms with Gasteiger partial charge in [0.05, 0.1) is 12.3 Å². The zero-order valence-corrected chi connectivity index (χ0v) is 10.1. The van der Waals surface area contributed by atoms with E-state index in [1.165, 1.54) is 0 Å². The molecule has 0 aliphatic carbocycles. The van der Waals surface area contributed by atoms with Crippen molar-refractivity contribution in [2.45, 2.75) is 34.1 Å². The van der Waals surface area contributed by atoms with E-state index in [9.17, 15) is 9.59 Å². The number of hydrogen-bond donors (Lipinski definition) is 1. The number of Topliss-reactive ketones (excluding diaryl/α,β-unsaturated/α-hetero) is 1. The molecule has 0 fully saturated rings. The van der Waals surface area contributed by atoms with E-state index in [1.807, 2.05) is 20.8 Å². The van der Waals surface area contributed by atoms with Gasteiger partial charge in [0.15, 0.2) is 0 Å². The van der Waals surface area contributed by atoms with Crippen LogP contribution < -0.4 is 0 Å². The molecule has 1 aromatic rings. The lowest BCUT2D eigenvalue weighted by molar-refractivity contribution is -0.137. The average Bonchev–Trinajstić information content (AvgIpc) is 2.53. The number of aromatic nitrogens is 1. The van der Waals surface area contributed by atoms with E-state index in [1.54, 1.807) is 6.92 Å². The molecule has 0 spiro atoms. The highest BCUT2D eigenvalue weighted by atomic mass is 16.5. The summed E-state index contributed by atoms with van der Waals surface area (Å²) in [6.45, 7) is 7.64. The van der Waals surface area contributed by atoms with E-state index < -0.39 is 11.8 Å². The molecule has 4 heteroatoms. The van der Waals surface area contributed by atoms with Gasteiger partial charge in [-0.3, -0.25) is 4.79 Å². The molecule has 0 atom stereocenters. The van der Waals surface area contributed by atoms with Crippen LogP contribution in [0, 0.1) is 13.8 Å². The van der Waals surface area contributed by atoms with Crippen molar-refractivity contribution in [1.82, 2.24) is 4.98 Å². The molecular weight excluding hydrogens is 206 g/mol. The Hall–Kier alpha value is -1.58. The van der Waals surface area contributed by atoms with Gasteiger partial charge in [-0.25, -0.2) is 4.79 Å². The minimum Gasteiger partial charge on any atom is -0.460 e. The molecule has 0 aliphatic rings. The third-order valence-electron chi connectivity index (χ3n) is 2.63. The number of rotatable bonds is 4. The van der Waals surface area contributed by atoms with E-state index in [4.69, 9.17) is 0 Å². The number of nitrogens with one attached hydrogen (secondary N) is 1. The molecule has 1 N–H and O–H groups in total. The van der Waals surface area contributed by atoms with Crippen LogP contribution in [0.5, 0.6) is 0 Å². The zero-order chi connectivity index (χ0) is 12.3. The number of carbonyl (C=O) groups excluding carboxylic acids is 2. The van der Waals surface area contributed by atoms with Gasteiger partial charge in [-0.2, -0.15) is 0 Å². The SMILES string of the molecule is CCOC(=O)C(=O)c1[nH]c(C)c(CC)c1C. The molecule has 0 saturated carbocycles. The molecule has 4 nitrogen and oxygen atoms in total. The molecule has 0 unspecified atom stereocenters. The van der Waals surface area contributed by atoms with Crippen molar-refractivity contribution in [3.63, 3.8) is 0 Å². The molecule has 0 amide bonds. The molecule has 0 aliphatic heterocycles. The van der Waals surface area contributed by atoms with Crippen LogP contribution in [0.1, 0.15) is 41.2 Å². The molecule has 16 heavy (non-hydrogen) atoms. The molecule has 0 saturated heterocycles. The van der Waals surface area contributed by atoms with Crippen molar-refractivity contribution in [2.24, 2.45) is 0 Å². The first kappa shape index (κ1) is 12.5. The maximum atomic E-state index is 11.7. The Bertz CT molecular complexity index is 418. The predicted molar refractivity (Wildman–Crippen MR) is 60.6 cm³/mol. The fraction of sp³-hybridized carbons (Fsp3) is 0.500. The number of esters is 1. The summed E-state index contributed by atoms with van der Waals surface area (Å²) in [6.07, 6.45) is 0.838. The van der Waals surface area contributed by atoms with Crippen LogP contribution in [0.3, 0.4) is 0 Å². The summed E-state index contributed by atoms with van der Waals surface area (Å²) in [4.78, 5) is 26.0. The molecule has 0 aromatic carbocycles. The van der Waals surface area contributed by atoms with Gasteiger partial charge in [0.1, 0.15) is 0 Å². The molecule has 0 bridgehead atoms. The standard InChI is InChI=1S/C12H17NO3/c1-5-9-7(3)10(13-8(9)4)11(14)12(15)16-6-2/h13H,5-6H2,1-4H3. The zero-order valence-electron chi connectivity index (χ0n) is 10.1. The van der Waals surface area contributed by atoms with Gasteiger partial charge >= 0.3 is 5.97 Å². The van der Waals surface area contributed by atoms with Crippen LogP contribution in [0.2, 0.25) is 0 Å². The van der Waals surface area contributed by atoms with E-state index >= 15 is 0 Å². The summed E-state index contributed by atoms with van der Waals surface area (Å²) >= 11 is 0. The number of carbonyl (C=O) groups is 2. The summed E-state index contributed by atoms with van der Waals surface area (Å²) < 4.78 is 4.69. The minimum atomic E-state index is -0.797. The van der Waals surface area contributed by atoms with Gasteiger partial charge in [0.2, 0.25) is 0 Å². The maximum Gasteiger partial charge on any atom is 0.381 e. The smallest absolute Gasteiger partial charge is 0.381 e. The molecule has 1 aromatic heterocycles. The largest absolute Gasteiger partial charge is 0.460 e. The van der Waals surface area contributed by atoms with Crippen molar-refractivity contribution in [3.8, 4) is 0 Å². The number of ketones is 1. The van der Waals surface area contributed by atoms with Crippen LogP contribution >= 0.6 is 0 Å². The third kappa shape index (κ3) is 2.15. The monoisotopic (exact) mass is 223 g/mol. The van der Waals surface area contributed by atoms with Crippen molar-refractivity contribution < 1.29 is 14.3 Å². The first-order valence-corrected chi connectivity index (χ1v) is 5.42. The van der Waals surface area contributed by atoms with Crippen LogP contribution in [0.4, 0.5) is 0 Å². The molecule has 88 valence electrons. The third-order valence-corrected chi connectivity index (χ3v) is 2.63. The number of hydrogen-bond acceptors (Lipinski definition) is 3. The van der Waals surface area contributed by atoms with Gasteiger partial charge < -0.3 is 9.72 Å². The van der Waals surface area contributed by atoms with Crippen LogP contribution in [0.15, 0.2) is 0 Å². The molecule has 1 heterocycles. The van der Waals surface area contributed by atoms with Crippen LogP contribution in [-0.4, -0.2) is 23.3 Å². The number of aryl methyl sites for hydroxylation is 1. The lowest BCUT2D eigenvalue weighted by atomic mass is 10.1. The van der Waals surface area contributed by atoms with Crippen molar-refractivity contribution >= 4 is 11.8 Å². The highest BCUT2D eigenvalue weighted by Crippen LogP contribution is 2.19. The summed E-state index contributed by atoms with van der Waals surface area (Å²) in [6, 6.07) is 0. The number of aromatic amines is 1. The first-order valence-electron chi connectivity index (χ1n) is 5.42. The first-order chi connectivity index (χ1) is 7.52. The highest BCUT2D eigenvalue weighted by Gasteiger charge is 2.23.